The normalized spacial score (nSPS) is 12.9. The maximum absolute atomic E-state index is 11.8. The zero-order chi connectivity index (χ0) is 14.3. The average Bonchev–Trinajstić information content (AvgIpc) is 2.13. The Kier molecular flexibility index (Phi) is 13.8. The van der Waals surface area contributed by atoms with Crippen LogP contribution in [0.25, 0.3) is 0 Å². The van der Waals surface area contributed by atoms with Crippen LogP contribution in [-0.2, 0) is 42.3 Å². The number of hydrogen-bond donors (Lipinski definition) is 1. The third-order valence-corrected chi connectivity index (χ3v) is 2.09. The minimum absolute atomic E-state index is 0. The molecule has 1 radical (unpaired) electrons. The van der Waals surface area contributed by atoms with Crippen LogP contribution in [0.15, 0.2) is 0 Å². The van der Waals surface area contributed by atoms with Crippen molar-refractivity contribution < 1.29 is 42.3 Å². The van der Waals surface area contributed by atoms with Crippen molar-refractivity contribution in [1.82, 2.24) is 0 Å². The summed E-state index contributed by atoms with van der Waals surface area (Å²) in [6.07, 6.45) is 0.864. The molecule has 2 N–H and O–H groups in total. The second-order valence-electron chi connectivity index (χ2n) is 6.45. The van der Waals surface area contributed by atoms with Crippen molar-refractivity contribution in [3.63, 3.8) is 0 Å². The first-order valence-corrected chi connectivity index (χ1v) is 5.94. The van der Waals surface area contributed by atoms with E-state index in [1.165, 1.54) is 0 Å². The van der Waals surface area contributed by atoms with Gasteiger partial charge in [-0.05, 0) is 5.41 Å². The van der Waals surface area contributed by atoms with E-state index in [0.29, 0.717) is 6.61 Å². The molecule has 0 aliphatic rings. The van der Waals surface area contributed by atoms with E-state index >= 15 is 0 Å². The third-order valence-electron chi connectivity index (χ3n) is 2.09. The molecule has 1 unspecified atom stereocenters. The fourth-order valence-electron chi connectivity index (χ4n) is 1.44. The predicted molar refractivity (Wildman–Crippen MR) is 72.9 cm³/mol. The Morgan fingerprint density at radius 2 is 1.56 bits per heavy atom. The number of ketones is 1. The molecule has 18 heavy (non-hydrogen) atoms. The quantitative estimate of drug-likeness (QED) is 0.638. The molecule has 0 amide bonds. The van der Waals surface area contributed by atoms with Gasteiger partial charge in [-0.1, -0.05) is 54.6 Å². The van der Waals surface area contributed by atoms with Gasteiger partial charge in [-0.3, -0.25) is 0 Å². The van der Waals surface area contributed by atoms with Crippen molar-refractivity contribution in [3.8, 4) is 0 Å². The van der Waals surface area contributed by atoms with E-state index in [0.717, 1.165) is 6.42 Å². The molecule has 3 nitrogen and oxygen atoms in total. The van der Waals surface area contributed by atoms with Crippen LogP contribution in [0.4, 0.5) is 0 Å². The second kappa shape index (κ2) is 10.5. The van der Waals surface area contributed by atoms with E-state index in [-0.39, 0.29) is 55.2 Å². The Morgan fingerprint density at radius 1 is 1.22 bits per heavy atom. The van der Waals surface area contributed by atoms with E-state index < -0.39 is 0 Å². The number of carbonyl (C=O) groups excluding carboxylic acids is 1. The number of rotatable bonds is 3. The molecule has 107 valence electrons. The van der Waals surface area contributed by atoms with Gasteiger partial charge in [0, 0.05) is 38.1 Å². The first-order chi connectivity index (χ1) is 7.45. The number of Topliss-reactive ketones (excluding diaryl/α,β-unsaturated/α-hetero) is 1. The van der Waals surface area contributed by atoms with Crippen LogP contribution in [0.2, 0.25) is 0 Å². The van der Waals surface area contributed by atoms with Crippen LogP contribution >= 0.6 is 0 Å². The Labute approximate surface area is 138 Å². The van der Waals surface area contributed by atoms with E-state index in [4.69, 9.17) is 0 Å². The Hall–Kier alpha value is 0.694. The molecule has 0 saturated carbocycles. The summed E-state index contributed by atoms with van der Waals surface area (Å²) in [7, 11) is 0. The molecular formula is C14H29NO2Y-2. The van der Waals surface area contributed by atoms with Gasteiger partial charge in [0.2, 0.25) is 0 Å². The molecule has 4 heteroatoms. The summed E-state index contributed by atoms with van der Waals surface area (Å²) in [5.41, 5.74) is -0.0645. The fraction of sp³-hybridized carbons (Fsp3) is 0.786. The molecular weight excluding hydrogens is 303 g/mol. The van der Waals surface area contributed by atoms with Crippen molar-refractivity contribution in [1.29, 1.82) is 0 Å². The summed E-state index contributed by atoms with van der Waals surface area (Å²) in [5.74, 6) is 4.66. The van der Waals surface area contributed by atoms with Crippen molar-refractivity contribution in [3.05, 3.63) is 13.8 Å². The molecule has 0 rings (SSSR count). The summed E-state index contributed by atoms with van der Waals surface area (Å²) >= 11 is 0. The zero-order valence-electron chi connectivity index (χ0n) is 12.9. The molecule has 0 fully saturated rings. The smallest absolute Gasteiger partial charge is 0.111 e. The molecule has 0 aromatic heterocycles. The van der Waals surface area contributed by atoms with Crippen LogP contribution in [0.5, 0.6) is 0 Å². The first kappa shape index (κ1) is 23.8. The van der Waals surface area contributed by atoms with Gasteiger partial charge in [0.1, 0.15) is 5.78 Å². The summed E-state index contributed by atoms with van der Waals surface area (Å²) in [5, 5.41) is 0. The first-order valence-electron chi connectivity index (χ1n) is 5.94. The summed E-state index contributed by atoms with van der Waals surface area (Å²) in [6, 6.07) is 0. The zero-order valence-corrected chi connectivity index (χ0v) is 15.7. The van der Waals surface area contributed by atoms with Gasteiger partial charge < -0.3 is 23.5 Å². The van der Waals surface area contributed by atoms with Gasteiger partial charge in [-0.15, -0.1) is 5.92 Å². The molecule has 0 aliphatic carbocycles. The fourth-order valence-corrected chi connectivity index (χ4v) is 1.44. The van der Waals surface area contributed by atoms with Crippen LogP contribution in [-0.4, -0.2) is 12.4 Å². The van der Waals surface area contributed by atoms with E-state index in [2.05, 4.69) is 45.4 Å². The van der Waals surface area contributed by atoms with Gasteiger partial charge in [0.05, 0.1) is 0 Å². The van der Waals surface area contributed by atoms with Crippen LogP contribution in [0, 0.1) is 30.6 Å². The molecule has 0 bridgehead atoms. The van der Waals surface area contributed by atoms with Crippen molar-refractivity contribution in [2.75, 3.05) is 6.61 Å². The molecule has 0 heterocycles. The maximum Gasteiger partial charge on any atom is 0.111 e. The van der Waals surface area contributed by atoms with E-state index in [1.807, 2.05) is 20.8 Å². The predicted octanol–water partition coefficient (Wildman–Crippen LogP) is 3.20. The second-order valence-corrected chi connectivity index (χ2v) is 6.45. The Bertz CT molecular complexity index is 215. The molecule has 0 aliphatic heterocycles. The minimum atomic E-state index is -0.252. The van der Waals surface area contributed by atoms with Crippen LogP contribution in [0.1, 0.15) is 48.0 Å². The van der Waals surface area contributed by atoms with Crippen LogP contribution in [0.3, 0.4) is 0 Å². The van der Waals surface area contributed by atoms with Crippen molar-refractivity contribution in [2.45, 2.75) is 48.0 Å². The summed E-state index contributed by atoms with van der Waals surface area (Å²) in [6.45, 7) is 19.8. The van der Waals surface area contributed by atoms with Gasteiger partial charge >= 0.3 is 0 Å². The largest absolute Gasteiger partial charge is 0.337 e. The van der Waals surface area contributed by atoms with Crippen molar-refractivity contribution >= 4 is 5.78 Å². The number of nitrogens with two attached hydrogens (primary N) is 1. The Morgan fingerprint density at radius 3 is 1.72 bits per heavy atom. The standard InChI is InChI=1S/C12H23O.C2H6NO.Y/c1-9(8-11(2,3)4)10(13)12(5,6)7;1-2-4-3;/h9H,1,8H2,2-7H3;1-3H2;/q2*-1;. The van der Waals surface area contributed by atoms with Crippen LogP contribution < -0.4 is 5.90 Å². The number of carbonyl (C=O) groups is 1. The van der Waals surface area contributed by atoms with Gasteiger partial charge in [-0.25, -0.2) is 5.90 Å². The minimum Gasteiger partial charge on any atom is -0.337 e. The SMILES string of the molecule is [CH2-]C(CC(C)(C)C)C(=O)C(C)(C)C.[CH2-]CON.[Y]. The van der Waals surface area contributed by atoms with Crippen molar-refractivity contribution in [2.24, 2.45) is 22.6 Å². The average molecular weight is 332 g/mol. The van der Waals surface area contributed by atoms with Gasteiger partial charge in [0.15, 0.2) is 0 Å². The number of hydrogen-bond acceptors (Lipinski definition) is 3. The summed E-state index contributed by atoms with van der Waals surface area (Å²) in [4.78, 5) is 15.7. The molecule has 0 spiro atoms. The Balaban J connectivity index is -0.000000392. The monoisotopic (exact) mass is 332 g/mol. The van der Waals surface area contributed by atoms with E-state index in [9.17, 15) is 4.79 Å². The van der Waals surface area contributed by atoms with Gasteiger partial charge in [-0.2, -0.15) is 0 Å². The maximum atomic E-state index is 11.8. The summed E-state index contributed by atoms with van der Waals surface area (Å²) < 4.78 is 0. The molecule has 0 aromatic carbocycles. The van der Waals surface area contributed by atoms with E-state index in [1.54, 1.807) is 0 Å². The molecule has 0 saturated heterocycles. The topological polar surface area (TPSA) is 52.3 Å². The third kappa shape index (κ3) is 14.8. The van der Waals surface area contributed by atoms with Gasteiger partial charge in [0.25, 0.3) is 0 Å². The molecule has 1 atom stereocenters. The molecule has 0 aromatic rings.